The second-order valence-corrected chi connectivity index (χ2v) is 8.34. The van der Waals surface area contributed by atoms with Crippen molar-refractivity contribution in [1.29, 1.82) is 0 Å². The third-order valence-electron chi connectivity index (χ3n) is 5.91. The first kappa shape index (κ1) is 24.5. The number of amides is 2. The Morgan fingerprint density at radius 2 is 1.82 bits per heavy atom. The monoisotopic (exact) mass is 458 g/mol. The van der Waals surface area contributed by atoms with Crippen molar-refractivity contribution in [2.75, 3.05) is 26.2 Å². The molecule has 0 unspecified atom stereocenters. The van der Waals surface area contributed by atoms with Gasteiger partial charge in [-0.15, -0.1) is 0 Å². The molecule has 0 radical (unpaired) electrons. The number of hydrogen-bond donors (Lipinski definition) is 0. The van der Waals surface area contributed by atoms with Crippen LogP contribution in [0.2, 0.25) is 0 Å². The van der Waals surface area contributed by atoms with Gasteiger partial charge in [0.1, 0.15) is 17.3 Å². The molecule has 1 aliphatic rings. The molecule has 1 aliphatic heterocycles. The van der Waals surface area contributed by atoms with Gasteiger partial charge in [0.15, 0.2) is 0 Å². The molecule has 0 bridgehead atoms. The minimum Gasteiger partial charge on any atom is -0.466 e. The summed E-state index contributed by atoms with van der Waals surface area (Å²) < 4.78 is 23.9. The van der Waals surface area contributed by atoms with Gasteiger partial charge in [-0.2, -0.15) is 0 Å². The Hall–Kier alpha value is -3.16. The molecule has 1 aromatic carbocycles. The average molecular weight is 459 g/mol. The fraction of sp³-hybridized carbons (Fsp3) is 0.480. The first-order chi connectivity index (χ1) is 15.8. The van der Waals surface area contributed by atoms with Gasteiger partial charge in [0.2, 0.25) is 5.91 Å². The molecule has 0 spiro atoms. The van der Waals surface area contributed by atoms with Crippen molar-refractivity contribution in [2.24, 2.45) is 5.92 Å². The predicted molar refractivity (Wildman–Crippen MR) is 120 cm³/mol. The topological polar surface area (TPSA) is 80.1 Å². The molecule has 2 heterocycles. The number of benzene rings is 1. The zero-order valence-corrected chi connectivity index (χ0v) is 19.4. The summed E-state index contributed by atoms with van der Waals surface area (Å²) in [5.41, 5.74) is 1.22. The van der Waals surface area contributed by atoms with Crippen LogP contribution >= 0.6 is 0 Å². The highest BCUT2D eigenvalue weighted by molar-refractivity contribution is 5.95. The van der Waals surface area contributed by atoms with E-state index in [0.29, 0.717) is 49.6 Å². The lowest BCUT2D eigenvalue weighted by Gasteiger charge is -2.31. The summed E-state index contributed by atoms with van der Waals surface area (Å²) in [4.78, 5) is 41.3. The minimum absolute atomic E-state index is 0.0608. The van der Waals surface area contributed by atoms with E-state index in [2.05, 4.69) is 0 Å². The fourth-order valence-corrected chi connectivity index (χ4v) is 4.09. The van der Waals surface area contributed by atoms with E-state index >= 15 is 0 Å². The predicted octanol–water partition coefficient (Wildman–Crippen LogP) is 3.87. The van der Waals surface area contributed by atoms with Crippen LogP contribution in [0.5, 0.6) is 0 Å². The van der Waals surface area contributed by atoms with Gasteiger partial charge in [0, 0.05) is 32.6 Å². The number of rotatable bonds is 8. The van der Waals surface area contributed by atoms with Crippen molar-refractivity contribution in [2.45, 2.75) is 46.6 Å². The van der Waals surface area contributed by atoms with Crippen LogP contribution in [0, 0.1) is 25.6 Å². The summed E-state index contributed by atoms with van der Waals surface area (Å²) in [5.74, 6) is 0.146. The zero-order valence-electron chi connectivity index (χ0n) is 19.4. The summed E-state index contributed by atoms with van der Waals surface area (Å²) in [7, 11) is 0. The van der Waals surface area contributed by atoms with E-state index in [1.165, 1.54) is 12.1 Å². The average Bonchev–Trinajstić information content (AvgIpc) is 3.15. The Balaban J connectivity index is 1.64. The van der Waals surface area contributed by atoms with Crippen molar-refractivity contribution >= 4 is 17.8 Å². The molecule has 1 fully saturated rings. The highest BCUT2D eigenvalue weighted by atomic mass is 19.1. The number of esters is 1. The van der Waals surface area contributed by atoms with Crippen molar-refractivity contribution in [1.82, 2.24) is 9.80 Å². The number of ether oxygens (including phenoxy) is 1. The van der Waals surface area contributed by atoms with Crippen LogP contribution < -0.4 is 0 Å². The zero-order chi connectivity index (χ0) is 24.0. The van der Waals surface area contributed by atoms with Gasteiger partial charge in [-0.3, -0.25) is 14.4 Å². The first-order valence-corrected chi connectivity index (χ1v) is 11.3. The summed E-state index contributed by atoms with van der Waals surface area (Å²) >= 11 is 0. The first-order valence-electron chi connectivity index (χ1n) is 11.3. The maximum atomic E-state index is 13.3. The number of carbonyl (C=O) groups excluding carboxylic acids is 3. The third-order valence-corrected chi connectivity index (χ3v) is 5.91. The second-order valence-electron chi connectivity index (χ2n) is 8.34. The number of furan rings is 1. The molecule has 0 aliphatic carbocycles. The number of halogens is 1. The standard InChI is InChI=1S/C25H31FN2O5/c1-4-32-25(31)20-9-12-27(13-10-20)23(29)11-14-28(16-19-5-7-21(26)8-6-19)24(30)22-15-17(2)33-18(22)3/h5-8,15,20H,4,9-14,16H2,1-3H3. The molecule has 0 saturated carbocycles. The minimum atomic E-state index is -0.348. The lowest BCUT2D eigenvalue weighted by atomic mass is 9.97. The normalized spacial score (nSPS) is 14.2. The van der Waals surface area contributed by atoms with Crippen molar-refractivity contribution in [3.8, 4) is 0 Å². The maximum Gasteiger partial charge on any atom is 0.309 e. The van der Waals surface area contributed by atoms with E-state index in [1.54, 1.807) is 48.8 Å². The number of likely N-dealkylation sites (tertiary alicyclic amines) is 1. The molecule has 7 nitrogen and oxygen atoms in total. The molecule has 3 rings (SSSR count). The second kappa shape index (κ2) is 11.1. The molecule has 0 N–H and O–H groups in total. The Morgan fingerprint density at radius 3 is 2.39 bits per heavy atom. The number of hydrogen-bond acceptors (Lipinski definition) is 5. The van der Waals surface area contributed by atoms with Gasteiger partial charge >= 0.3 is 5.97 Å². The van der Waals surface area contributed by atoms with E-state index in [4.69, 9.17) is 9.15 Å². The van der Waals surface area contributed by atoms with Crippen molar-refractivity contribution in [3.05, 3.63) is 58.8 Å². The van der Waals surface area contributed by atoms with E-state index < -0.39 is 0 Å². The third kappa shape index (κ3) is 6.43. The van der Waals surface area contributed by atoms with Gasteiger partial charge < -0.3 is 19.0 Å². The summed E-state index contributed by atoms with van der Waals surface area (Å²) in [5, 5.41) is 0. The summed E-state index contributed by atoms with van der Waals surface area (Å²) in [6, 6.07) is 7.65. The summed E-state index contributed by atoms with van der Waals surface area (Å²) in [6.07, 6.45) is 1.32. The lowest BCUT2D eigenvalue weighted by Crippen LogP contribution is -2.42. The van der Waals surface area contributed by atoms with Gasteiger partial charge in [-0.05, 0) is 57.4 Å². The SMILES string of the molecule is CCOC(=O)C1CCN(C(=O)CCN(Cc2ccc(F)cc2)C(=O)c2cc(C)oc2C)CC1. The van der Waals surface area contributed by atoms with E-state index in [1.807, 2.05) is 0 Å². The van der Waals surface area contributed by atoms with E-state index in [0.717, 1.165) is 5.56 Å². The smallest absolute Gasteiger partial charge is 0.309 e. The highest BCUT2D eigenvalue weighted by Crippen LogP contribution is 2.21. The van der Waals surface area contributed by atoms with Crippen LogP contribution in [0.1, 0.15) is 53.6 Å². The Kier molecular flexibility index (Phi) is 8.25. The maximum absolute atomic E-state index is 13.3. The molecule has 0 atom stereocenters. The van der Waals surface area contributed by atoms with Crippen LogP contribution in [-0.2, 0) is 20.9 Å². The van der Waals surface area contributed by atoms with Crippen molar-refractivity contribution in [3.63, 3.8) is 0 Å². The largest absolute Gasteiger partial charge is 0.466 e. The molecular weight excluding hydrogens is 427 g/mol. The highest BCUT2D eigenvalue weighted by Gasteiger charge is 2.29. The molecular formula is C25H31FN2O5. The van der Waals surface area contributed by atoms with Gasteiger partial charge in [-0.1, -0.05) is 12.1 Å². The van der Waals surface area contributed by atoms with Crippen LogP contribution in [0.3, 0.4) is 0 Å². The Labute approximate surface area is 193 Å². The number of aryl methyl sites for hydroxylation is 2. The quantitative estimate of drug-likeness (QED) is 0.561. The van der Waals surface area contributed by atoms with E-state index in [-0.39, 0.29) is 49.0 Å². The van der Waals surface area contributed by atoms with Gasteiger partial charge in [0.05, 0.1) is 18.1 Å². The molecule has 8 heteroatoms. The van der Waals surface area contributed by atoms with Crippen LogP contribution in [0.4, 0.5) is 4.39 Å². The van der Waals surface area contributed by atoms with Gasteiger partial charge in [0.25, 0.3) is 5.91 Å². The molecule has 1 saturated heterocycles. The Bertz CT molecular complexity index is 977. The number of carbonyl (C=O) groups is 3. The summed E-state index contributed by atoms with van der Waals surface area (Å²) in [6.45, 7) is 7.10. The molecule has 2 aromatic rings. The molecule has 33 heavy (non-hydrogen) atoms. The number of nitrogens with zero attached hydrogens (tertiary/aromatic N) is 2. The molecule has 2 amide bonds. The Morgan fingerprint density at radius 1 is 1.15 bits per heavy atom. The van der Waals surface area contributed by atoms with Crippen LogP contribution in [0.15, 0.2) is 34.7 Å². The van der Waals surface area contributed by atoms with Crippen molar-refractivity contribution < 1.29 is 27.9 Å². The molecule has 1 aromatic heterocycles. The van der Waals surface area contributed by atoms with Crippen LogP contribution in [-0.4, -0.2) is 53.8 Å². The lowest BCUT2D eigenvalue weighted by molar-refractivity contribution is -0.151. The van der Waals surface area contributed by atoms with Gasteiger partial charge in [-0.25, -0.2) is 4.39 Å². The number of piperidine rings is 1. The fourth-order valence-electron chi connectivity index (χ4n) is 4.09. The molecule has 178 valence electrons. The van der Waals surface area contributed by atoms with E-state index in [9.17, 15) is 18.8 Å². The van der Waals surface area contributed by atoms with Crippen LogP contribution in [0.25, 0.3) is 0 Å².